The second-order valence-corrected chi connectivity index (χ2v) is 10.7. The van der Waals surface area contributed by atoms with Gasteiger partial charge in [-0.3, -0.25) is 14.2 Å². The van der Waals surface area contributed by atoms with Crippen LogP contribution in [0.15, 0.2) is 74.6 Å². The van der Waals surface area contributed by atoms with Gasteiger partial charge in [-0.15, -0.1) is 0 Å². The summed E-state index contributed by atoms with van der Waals surface area (Å²) in [4.78, 5) is 43.7. The van der Waals surface area contributed by atoms with Gasteiger partial charge in [-0.2, -0.15) is 0 Å². The van der Waals surface area contributed by atoms with E-state index < -0.39 is 18.0 Å². The zero-order chi connectivity index (χ0) is 29.7. The smallest absolute Gasteiger partial charge is 0.338 e. The summed E-state index contributed by atoms with van der Waals surface area (Å²) in [6, 6.07) is 9.87. The number of ether oxygens (including phenoxy) is 4. The molecule has 214 valence electrons. The second-order valence-electron chi connectivity index (χ2n) is 8.83. The Hall–Kier alpha value is -3.96. The van der Waals surface area contributed by atoms with Crippen LogP contribution in [0.25, 0.3) is 6.08 Å². The summed E-state index contributed by atoms with van der Waals surface area (Å²) >= 11 is 4.65. The lowest BCUT2D eigenvalue weighted by Gasteiger charge is -2.24. The first-order chi connectivity index (χ1) is 19.7. The molecule has 1 aromatic heterocycles. The van der Waals surface area contributed by atoms with Crippen LogP contribution < -0.4 is 29.1 Å². The number of allylic oxidation sites excluding steroid dienone is 1. The summed E-state index contributed by atoms with van der Waals surface area (Å²) in [5.74, 6) is 0.223. The van der Waals surface area contributed by atoms with Crippen molar-refractivity contribution in [3.05, 3.63) is 95.6 Å². The highest BCUT2D eigenvalue weighted by Crippen LogP contribution is 2.37. The van der Waals surface area contributed by atoms with E-state index in [0.717, 1.165) is 0 Å². The molecule has 0 saturated carbocycles. The highest BCUT2D eigenvalue weighted by Gasteiger charge is 2.33. The van der Waals surface area contributed by atoms with Crippen LogP contribution in [-0.2, 0) is 14.3 Å². The average molecular weight is 642 g/mol. The molecule has 0 amide bonds. The quantitative estimate of drug-likeness (QED) is 0.183. The maximum atomic E-state index is 13.9. The summed E-state index contributed by atoms with van der Waals surface area (Å²) in [6.07, 6.45) is 3.36. The van der Waals surface area contributed by atoms with Crippen molar-refractivity contribution in [2.45, 2.75) is 33.7 Å². The number of esters is 2. The van der Waals surface area contributed by atoms with Crippen LogP contribution in [0.3, 0.4) is 0 Å². The van der Waals surface area contributed by atoms with E-state index in [1.54, 1.807) is 50.3 Å². The molecule has 0 unspecified atom stereocenters. The Balaban J connectivity index is 1.88. The van der Waals surface area contributed by atoms with Crippen LogP contribution in [0.5, 0.6) is 17.2 Å². The maximum Gasteiger partial charge on any atom is 0.338 e. The lowest BCUT2D eigenvalue weighted by molar-refractivity contribution is -0.139. The van der Waals surface area contributed by atoms with Gasteiger partial charge in [0.1, 0.15) is 12.4 Å². The molecular formula is C30H29BrN2O7S. The minimum atomic E-state index is -0.752. The van der Waals surface area contributed by atoms with Gasteiger partial charge in [0.25, 0.3) is 5.56 Å². The summed E-state index contributed by atoms with van der Waals surface area (Å²) in [5.41, 5.74) is 1.78. The molecule has 1 aliphatic heterocycles. The lowest BCUT2D eigenvalue weighted by Crippen LogP contribution is -2.39. The van der Waals surface area contributed by atoms with Crippen molar-refractivity contribution in [2.24, 2.45) is 4.99 Å². The summed E-state index contributed by atoms with van der Waals surface area (Å²) < 4.78 is 24.4. The average Bonchev–Trinajstić information content (AvgIpc) is 3.23. The molecule has 0 spiro atoms. The van der Waals surface area contributed by atoms with E-state index in [9.17, 15) is 14.4 Å². The van der Waals surface area contributed by atoms with Crippen molar-refractivity contribution in [1.82, 2.24) is 4.57 Å². The van der Waals surface area contributed by atoms with Crippen LogP contribution in [0, 0.1) is 0 Å². The Morgan fingerprint density at radius 2 is 1.88 bits per heavy atom. The van der Waals surface area contributed by atoms with Crippen molar-refractivity contribution in [2.75, 3.05) is 19.8 Å². The largest absolute Gasteiger partial charge is 0.490 e. The van der Waals surface area contributed by atoms with Crippen molar-refractivity contribution < 1.29 is 28.5 Å². The third kappa shape index (κ3) is 6.52. The number of carbonyl (C=O) groups is 2. The topological polar surface area (TPSA) is 105 Å². The predicted molar refractivity (Wildman–Crippen MR) is 159 cm³/mol. The third-order valence-electron chi connectivity index (χ3n) is 5.96. The minimum absolute atomic E-state index is 0.182. The Bertz CT molecular complexity index is 1700. The van der Waals surface area contributed by atoms with Crippen molar-refractivity contribution >= 4 is 45.3 Å². The van der Waals surface area contributed by atoms with Gasteiger partial charge in [-0.1, -0.05) is 36.1 Å². The number of benzene rings is 2. The van der Waals surface area contributed by atoms with Gasteiger partial charge in [0.2, 0.25) is 0 Å². The summed E-state index contributed by atoms with van der Waals surface area (Å²) in [5, 5.41) is 0. The Labute approximate surface area is 249 Å². The summed E-state index contributed by atoms with van der Waals surface area (Å²) in [7, 11) is 0. The first-order valence-electron chi connectivity index (χ1n) is 12.9. The van der Waals surface area contributed by atoms with E-state index in [2.05, 4.69) is 27.5 Å². The number of hydrogen-bond acceptors (Lipinski definition) is 9. The van der Waals surface area contributed by atoms with Crippen LogP contribution >= 0.6 is 27.3 Å². The number of carbonyl (C=O) groups excluding carboxylic acids is 2. The van der Waals surface area contributed by atoms with Crippen LogP contribution in [-0.4, -0.2) is 36.3 Å². The molecule has 0 aliphatic carbocycles. The molecule has 0 saturated heterocycles. The van der Waals surface area contributed by atoms with E-state index in [1.165, 1.54) is 22.8 Å². The number of fused-ring (bicyclic) bond motifs is 1. The molecule has 9 nitrogen and oxygen atoms in total. The van der Waals surface area contributed by atoms with E-state index >= 15 is 0 Å². The number of thiazole rings is 1. The lowest BCUT2D eigenvalue weighted by atomic mass is 9.96. The Morgan fingerprint density at radius 3 is 2.51 bits per heavy atom. The fourth-order valence-corrected chi connectivity index (χ4v) is 5.92. The molecule has 41 heavy (non-hydrogen) atoms. The Kier molecular flexibility index (Phi) is 9.61. The molecule has 0 fully saturated rings. The molecule has 3 aromatic rings. The number of hydrogen-bond donors (Lipinski definition) is 0. The highest BCUT2D eigenvalue weighted by atomic mass is 79.9. The molecule has 1 atom stereocenters. The van der Waals surface area contributed by atoms with E-state index in [-0.39, 0.29) is 23.5 Å². The fourth-order valence-electron chi connectivity index (χ4n) is 4.34. The predicted octanol–water partition coefficient (Wildman–Crippen LogP) is 4.45. The SMILES string of the molecule is C=CCOc1ccc([C@H]2C(C(=O)OCC)=C(C)N=c3s/c(=C\c4cc(Br)c(OC(C)=O)c(OCC)c4)c(=O)n32)cc1. The van der Waals surface area contributed by atoms with Gasteiger partial charge in [0.15, 0.2) is 16.3 Å². The van der Waals surface area contributed by atoms with Crippen molar-refractivity contribution in [3.8, 4) is 17.2 Å². The molecule has 2 heterocycles. The van der Waals surface area contributed by atoms with Crippen LogP contribution in [0.1, 0.15) is 44.9 Å². The van der Waals surface area contributed by atoms with Gasteiger partial charge in [0.05, 0.1) is 39.5 Å². The summed E-state index contributed by atoms with van der Waals surface area (Å²) in [6.45, 7) is 11.1. The molecule has 0 N–H and O–H groups in total. The number of rotatable bonds is 10. The fraction of sp³-hybridized carbons (Fsp3) is 0.267. The normalized spacial score (nSPS) is 14.7. The zero-order valence-electron chi connectivity index (χ0n) is 23.1. The first-order valence-corrected chi connectivity index (χ1v) is 14.5. The van der Waals surface area contributed by atoms with Crippen molar-refractivity contribution in [1.29, 1.82) is 0 Å². The van der Waals surface area contributed by atoms with Gasteiger partial charge in [-0.25, -0.2) is 9.79 Å². The van der Waals surface area contributed by atoms with Gasteiger partial charge in [-0.05, 0) is 78.2 Å². The van der Waals surface area contributed by atoms with E-state index in [0.29, 0.717) is 55.3 Å². The molecule has 0 radical (unpaired) electrons. The molecule has 4 rings (SSSR count). The zero-order valence-corrected chi connectivity index (χ0v) is 25.5. The minimum Gasteiger partial charge on any atom is -0.490 e. The van der Waals surface area contributed by atoms with Crippen molar-refractivity contribution in [3.63, 3.8) is 0 Å². The second kappa shape index (κ2) is 13.1. The number of nitrogens with zero attached hydrogens (tertiary/aromatic N) is 2. The monoisotopic (exact) mass is 640 g/mol. The molecular weight excluding hydrogens is 612 g/mol. The highest BCUT2D eigenvalue weighted by molar-refractivity contribution is 9.10. The standard InChI is InChI=1S/C30H29BrN2O7S/c1-6-13-39-21-11-9-20(10-12-21)26-25(29(36)38-8-3)17(4)32-30-33(26)28(35)24(41-30)16-19-14-22(31)27(40-18(5)34)23(15-19)37-7-2/h6,9-12,14-16,26H,1,7-8,13H2,2-5H3/b24-16-/t26-/m0/s1. The molecule has 2 aromatic carbocycles. The number of halogens is 1. The van der Waals surface area contributed by atoms with Crippen LogP contribution in [0.4, 0.5) is 0 Å². The first kappa shape index (κ1) is 30.0. The van der Waals surface area contributed by atoms with E-state index in [1.807, 2.05) is 19.1 Å². The number of aromatic nitrogens is 1. The molecule has 11 heteroatoms. The van der Waals surface area contributed by atoms with Crippen LogP contribution in [0.2, 0.25) is 0 Å². The Morgan fingerprint density at radius 1 is 1.15 bits per heavy atom. The van der Waals surface area contributed by atoms with Gasteiger partial charge >= 0.3 is 11.9 Å². The third-order valence-corrected chi connectivity index (χ3v) is 7.53. The van der Waals surface area contributed by atoms with E-state index in [4.69, 9.17) is 18.9 Å². The van der Waals surface area contributed by atoms with Gasteiger partial charge in [0, 0.05) is 6.92 Å². The maximum absolute atomic E-state index is 13.9. The molecule has 0 bridgehead atoms. The molecule has 1 aliphatic rings. The van der Waals surface area contributed by atoms with Gasteiger partial charge < -0.3 is 18.9 Å².